The maximum absolute atomic E-state index is 9.32. The fraction of sp³-hybridized carbons (Fsp3) is 0.417. The first-order valence-electron chi connectivity index (χ1n) is 7.23. The Hall–Kier alpha value is 0.0590. The summed E-state index contributed by atoms with van der Waals surface area (Å²) in [7, 11) is -11.4. The molecule has 3 N–H and O–H groups in total. The molecule has 0 saturated carbocycles. The summed E-state index contributed by atoms with van der Waals surface area (Å²) >= 11 is 1.65. The molecule has 0 radical (unpaired) electrons. The second-order valence-electron chi connectivity index (χ2n) is 5.14. The first kappa shape index (κ1) is 34.7. The minimum Gasteiger partial charge on any atom is -1.00 e. The van der Waals surface area contributed by atoms with E-state index >= 15 is 0 Å². The van der Waals surface area contributed by atoms with Crippen molar-refractivity contribution in [1.29, 1.82) is 0 Å². The number of aliphatic hydroxyl groups excluding tert-OH is 1. The van der Waals surface area contributed by atoms with Gasteiger partial charge in [-0.3, -0.25) is 0 Å². The van der Waals surface area contributed by atoms with Gasteiger partial charge < -0.3 is 56.3 Å². The van der Waals surface area contributed by atoms with Crippen molar-refractivity contribution < 1.29 is 89.2 Å². The molecule has 0 amide bonds. The summed E-state index contributed by atoms with van der Waals surface area (Å²) < 4.78 is 23.3. The normalized spacial score (nSPS) is 10.6. The van der Waals surface area contributed by atoms with Gasteiger partial charge in [0.25, 0.3) is 0 Å². The average molecular weight is 586 g/mol. The van der Waals surface area contributed by atoms with Crippen LogP contribution in [-0.4, -0.2) is 21.7 Å². The summed E-state index contributed by atoms with van der Waals surface area (Å²) in [6, 6.07) is 0. The third-order valence-electron chi connectivity index (χ3n) is 3.05. The Bertz CT molecular complexity index is 862. The molecular weight excluding hydrogens is 569 g/mol. The number of rotatable bonds is 6. The summed E-state index contributed by atoms with van der Waals surface area (Å²) in [5.74, 6) is 1.22. The second kappa shape index (κ2) is 15.0. The van der Waals surface area contributed by atoms with E-state index in [-0.39, 0.29) is 53.2 Å². The van der Waals surface area contributed by atoms with Gasteiger partial charge in [-0.1, -0.05) is 11.3 Å². The van der Waals surface area contributed by atoms with Crippen LogP contribution in [0, 0.1) is 13.8 Å². The topological polar surface area (TPSA) is 212 Å². The smallest absolute Gasteiger partial charge is 1.00 e. The third kappa shape index (κ3) is 13.5. The first-order chi connectivity index (χ1) is 12.3. The number of phosphoric acid groups is 2. The third-order valence-corrected chi connectivity index (χ3v) is 5.80. The number of nitrogen functional groups attached to an aromatic ring is 1. The maximum atomic E-state index is 9.32. The molecule has 0 aliphatic carbocycles. The van der Waals surface area contributed by atoms with Gasteiger partial charge in [0.1, 0.15) is 11.6 Å². The van der Waals surface area contributed by atoms with Crippen LogP contribution in [0.3, 0.4) is 0 Å². The number of nitrogens with zero attached hydrogens (tertiary/aromatic N) is 3. The predicted octanol–water partition coefficient (Wildman–Crippen LogP) is -5.73. The van der Waals surface area contributed by atoms with E-state index < -0.39 is 15.6 Å². The number of aromatic nitrogens is 3. The molecule has 12 nitrogen and oxygen atoms in total. The van der Waals surface area contributed by atoms with Crippen LogP contribution in [0.25, 0.3) is 0 Å². The molecule has 0 aliphatic heterocycles. The van der Waals surface area contributed by atoms with Crippen LogP contribution in [0.15, 0.2) is 11.7 Å². The van der Waals surface area contributed by atoms with E-state index in [0.717, 1.165) is 11.3 Å². The molecule has 2 rings (SSSR count). The molecule has 0 aliphatic rings. The SMILES string of the molecule is Cc1ncc(C[n+]2csc(CCO)c2C)c(N)n1.O=P([O-])([O-])OP(=O)([O-])[O-].[Cl-].[Fe+2].[Fe+2]. The Kier molecular flexibility index (Phi) is 17.3. The van der Waals surface area contributed by atoms with Gasteiger partial charge in [-0.15, -0.1) is 0 Å². The summed E-state index contributed by atoms with van der Waals surface area (Å²) in [4.78, 5) is 46.8. The van der Waals surface area contributed by atoms with E-state index in [9.17, 15) is 28.7 Å². The molecule has 0 atom stereocenters. The van der Waals surface area contributed by atoms with Crippen LogP contribution in [0.2, 0.25) is 0 Å². The van der Waals surface area contributed by atoms with Crippen LogP contribution in [0.1, 0.15) is 22.0 Å². The van der Waals surface area contributed by atoms with Crippen molar-refractivity contribution in [1.82, 2.24) is 9.97 Å². The second-order valence-corrected chi connectivity index (χ2v) is 8.52. The van der Waals surface area contributed by atoms with Gasteiger partial charge in [0.15, 0.2) is 12.2 Å². The first-order valence-corrected chi connectivity index (χ1v) is 11.0. The van der Waals surface area contributed by atoms with Crippen LogP contribution >= 0.6 is 27.0 Å². The number of hydrogen-bond donors (Lipinski definition) is 2. The number of aliphatic hydroxyl groups is 1. The van der Waals surface area contributed by atoms with Crippen LogP contribution in [0.4, 0.5) is 5.82 Å². The van der Waals surface area contributed by atoms with Crippen LogP contribution in [-0.2, 0) is 60.5 Å². The molecule has 0 spiro atoms. The zero-order valence-corrected chi connectivity index (χ0v) is 21.0. The average Bonchev–Trinajstić information content (AvgIpc) is 2.80. The van der Waals surface area contributed by atoms with Crippen molar-refractivity contribution >= 4 is 32.8 Å². The molecule has 18 heteroatoms. The molecule has 0 bridgehead atoms. The fourth-order valence-electron chi connectivity index (χ4n) is 1.89. The Morgan fingerprint density at radius 3 is 2.13 bits per heavy atom. The number of anilines is 1. The van der Waals surface area contributed by atoms with E-state index in [2.05, 4.69) is 18.8 Å². The van der Waals surface area contributed by atoms with E-state index in [4.69, 9.17) is 10.8 Å². The molecule has 2 heterocycles. The summed E-state index contributed by atoms with van der Waals surface area (Å²) in [6.45, 7) is 4.71. The largest absolute Gasteiger partial charge is 2.00 e. The van der Waals surface area contributed by atoms with Crippen molar-refractivity contribution in [3.05, 3.63) is 33.7 Å². The fourth-order valence-corrected chi connectivity index (χ4v) is 3.85. The molecule has 0 aromatic carbocycles. The Morgan fingerprint density at radius 2 is 1.73 bits per heavy atom. The Morgan fingerprint density at radius 1 is 1.20 bits per heavy atom. The van der Waals surface area contributed by atoms with E-state index in [1.54, 1.807) is 17.5 Å². The molecule has 0 saturated heterocycles. The predicted molar refractivity (Wildman–Crippen MR) is 86.6 cm³/mol. The number of nitrogens with two attached hydrogens (primary N) is 1. The number of hydrogen-bond acceptors (Lipinski definition) is 12. The molecule has 0 unspecified atom stereocenters. The van der Waals surface area contributed by atoms with Crippen LogP contribution in [0.5, 0.6) is 0 Å². The summed E-state index contributed by atoms with van der Waals surface area (Å²) in [6.07, 6.45) is 2.47. The quantitative estimate of drug-likeness (QED) is 0.185. The van der Waals surface area contributed by atoms with Gasteiger partial charge in [0.05, 0.1) is 26.1 Å². The zero-order chi connectivity index (χ0) is 20.8. The molecule has 30 heavy (non-hydrogen) atoms. The Balaban J connectivity index is -0.000000530. The van der Waals surface area contributed by atoms with E-state index in [1.807, 2.05) is 19.4 Å². The zero-order valence-electron chi connectivity index (χ0n) is 15.4. The van der Waals surface area contributed by atoms with Gasteiger partial charge >= 0.3 is 34.1 Å². The molecule has 172 valence electrons. The van der Waals surface area contributed by atoms with Crippen molar-refractivity contribution in [2.45, 2.75) is 26.8 Å². The van der Waals surface area contributed by atoms with Gasteiger partial charge in [0, 0.05) is 26.1 Å². The van der Waals surface area contributed by atoms with E-state index in [1.165, 1.54) is 4.88 Å². The van der Waals surface area contributed by atoms with Crippen molar-refractivity contribution in [2.75, 3.05) is 12.3 Å². The maximum Gasteiger partial charge on any atom is 2.00 e. The van der Waals surface area contributed by atoms with Gasteiger partial charge in [-0.25, -0.2) is 9.97 Å². The van der Waals surface area contributed by atoms with Gasteiger partial charge in [-0.2, -0.15) is 4.57 Å². The molecule has 2 aromatic heterocycles. The number of thiazole rings is 1. The summed E-state index contributed by atoms with van der Waals surface area (Å²) in [5.41, 5.74) is 10.0. The minimum absolute atomic E-state index is 0. The number of halogens is 1. The summed E-state index contributed by atoms with van der Waals surface area (Å²) in [5, 5.41) is 8.98. The van der Waals surface area contributed by atoms with Crippen molar-refractivity contribution in [3.8, 4) is 0 Å². The minimum atomic E-state index is -5.68. The van der Waals surface area contributed by atoms with Crippen molar-refractivity contribution in [2.24, 2.45) is 0 Å². The monoisotopic (exact) mass is 586 g/mol. The molecule has 2 aromatic rings. The van der Waals surface area contributed by atoms with Crippen LogP contribution < -0.4 is 42.3 Å². The van der Waals surface area contributed by atoms with E-state index in [0.29, 0.717) is 24.6 Å². The van der Waals surface area contributed by atoms with Gasteiger partial charge in [0.2, 0.25) is 5.51 Å². The number of aryl methyl sites for hydroxylation is 1. The van der Waals surface area contributed by atoms with Gasteiger partial charge in [-0.05, 0) is 6.92 Å². The standard InChI is InChI=1S/C12H17N4OS.ClH.2Fe.H4O7P2/c1-8-11(3-4-17)18-7-16(8)6-10-5-14-9(2)15-12(10)13;;;;1-8(2,3)7-9(4,5)6/h5,7,17H,3-4,6H2,1-2H3,(H2,13,14,15);1H;;;(H2,1,2,3)(H2,4,5,6)/q+1;;2*+2;/p-5. The Labute approximate surface area is 204 Å². The molecular formula is C12H17ClFe2N4O8P2S. The van der Waals surface area contributed by atoms with Crippen molar-refractivity contribution in [3.63, 3.8) is 0 Å². The molecule has 0 fully saturated rings.